The molecule has 0 fully saturated rings. The van der Waals surface area contributed by atoms with E-state index >= 15 is 0 Å². The number of methoxy groups -OCH3 is 1. The quantitative estimate of drug-likeness (QED) is 0.273. The Hall–Kier alpha value is -4.10. The zero-order chi connectivity index (χ0) is 23.5. The SMILES string of the molecule is COc1ccc(-c2ccc3ncnc(Nc4ccc(OCc5cccc(F)c5)c(Cl)c4)c3c2)o1. The highest BCUT2D eigenvalue weighted by Crippen LogP contribution is 2.33. The van der Waals surface area contributed by atoms with Crippen molar-refractivity contribution in [2.45, 2.75) is 6.61 Å². The third-order valence-corrected chi connectivity index (χ3v) is 5.48. The van der Waals surface area contributed by atoms with Crippen LogP contribution < -0.4 is 14.8 Å². The van der Waals surface area contributed by atoms with E-state index in [1.165, 1.54) is 18.5 Å². The number of anilines is 2. The van der Waals surface area contributed by atoms with Crippen molar-refractivity contribution in [1.82, 2.24) is 9.97 Å². The molecule has 0 radical (unpaired) electrons. The molecule has 0 atom stereocenters. The third kappa shape index (κ3) is 4.65. The first-order chi connectivity index (χ1) is 16.6. The van der Waals surface area contributed by atoms with Crippen molar-refractivity contribution in [3.05, 3.63) is 95.5 Å². The fourth-order valence-electron chi connectivity index (χ4n) is 3.51. The zero-order valence-corrected chi connectivity index (χ0v) is 18.8. The second-order valence-electron chi connectivity index (χ2n) is 7.47. The molecule has 1 N–H and O–H groups in total. The largest absolute Gasteiger partial charge is 0.487 e. The van der Waals surface area contributed by atoms with Crippen molar-refractivity contribution < 1.29 is 18.3 Å². The van der Waals surface area contributed by atoms with E-state index in [9.17, 15) is 4.39 Å². The van der Waals surface area contributed by atoms with E-state index in [0.717, 1.165) is 27.7 Å². The Morgan fingerprint density at radius 1 is 1.00 bits per heavy atom. The van der Waals surface area contributed by atoms with Crippen molar-refractivity contribution in [2.24, 2.45) is 0 Å². The van der Waals surface area contributed by atoms with Gasteiger partial charge in [0, 0.05) is 22.7 Å². The van der Waals surface area contributed by atoms with E-state index in [0.29, 0.717) is 28.3 Å². The molecular weight excluding hydrogens is 457 g/mol. The lowest BCUT2D eigenvalue weighted by Crippen LogP contribution is -1.98. The maximum Gasteiger partial charge on any atom is 0.284 e. The first-order valence-electron chi connectivity index (χ1n) is 10.4. The number of fused-ring (bicyclic) bond motifs is 1. The van der Waals surface area contributed by atoms with Crippen LogP contribution in [0.2, 0.25) is 5.02 Å². The van der Waals surface area contributed by atoms with Crippen LogP contribution in [0.5, 0.6) is 11.7 Å². The first-order valence-corrected chi connectivity index (χ1v) is 10.8. The molecule has 34 heavy (non-hydrogen) atoms. The van der Waals surface area contributed by atoms with Gasteiger partial charge in [0.05, 0.1) is 17.6 Å². The van der Waals surface area contributed by atoms with Gasteiger partial charge in [0.15, 0.2) is 0 Å². The summed E-state index contributed by atoms with van der Waals surface area (Å²) in [5, 5.41) is 4.53. The summed E-state index contributed by atoms with van der Waals surface area (Å²) >= 11 is 6.44. The standard InChI is InChI=1S/C26H19ClFN3O3/c1-32-25-10-9-23(34-25)17-5-7-22-20(12-17)26(30-15-29-22)31-19-6-8-24(21(27)13-19)33-14-16-3-2-4-18(28)11-16/h2-13,15H,14H2,1H3,(H,29,30,31). The number of ether oxygens (including phenoxy) is 2. The molecule has 0 aliphatic carbocycles. The molecule has 0 aliphatic rings. The lowest BCUT2D eigenvalue weighted by molar-refractivity contribution is 0.306. The van der Waals surface area contributed by atoms with E-state index in [-0.39, 0.29) is 12.4 Å². The Kier molecular flexibility index (Phi) is 6.01. The fraction of sp³-hybridized carbons (Fsp3) is 0.0769. The lowest BCUT2D eigenvalue weighted by Gasteiger charge is -2.12. The van der Waals surface area contributed by atoms with E-state index in [4.69, 9.17) is 25.5 Å². The smallest absolute Gasteiger partial charge is 0.284 e. The van der Waals surface area contributed by atoms with E-state index in [2.05, 4.69) is 15.3 Å². The number of furan rings is 1. The average molecular weight is 476 g/mol. The number of rotatable bonds is 7. The third-order valence-electron chi connectivity index (χ3n) is 5.18. The van der Waals surface area contributed by atoms with Gasteiger partial charge in [-0.05, 0) is 60.2 Å². The van der Waals surface area contributed by atoms with Gasteiger partial charge in [-0.1, -0.05) is 23.7 Å². The molecule has 0 saturated heterocycles. The topological polar surface area (TPSA) is 69.4 Å². The number of nitrogens with one attached hydrogen (secondary N) is 1. The molecule has 0 aliphatic heterocycles. The molecular formula is C26H19ClFN3O3. The normalized spacial score (nSPS) is 10.9. The van der Waals surface area contributed by atoms with Gasteiger partial charge >= 0.3 is 0 Å². The van der Waals surface area contributed by atoms with Crippen LogP contribution in [-0.2, 0) is 6.61 Å². The van der Waals surface area contributed by atoms with Crippen LogP contribution in [0, 0.1) is 5.82 Å². The number of halogens is 2. The molecule has 3 aromatic carbocycles. The van der Waals surface area contributed by atoms with Crippen molar-refractivity contribution >= 4 is 34.0 Å². The van der Waals surface area contributed by atoms with Crippen LogP contribution in [0.25, 0.3) is 22.2 Å². The summed E-state index contributed by atoms with van der Waals surface area (Å²) < 4.78 is 29.9. The van der Waals surface area contributed by atoms with Gasteiger partial charge in [0.2, 0.25) is 0 Å². The van der Waals surface area contributed by atoms with Gasteiger partial charge in [-0.25, -0.2) is 14.4 Å². The van der Waals surface area contributed by atoms with Crippen molar-refractivity contribution in [2.75, 3.05) is 12.4 Å². The highest BCUT2D eigenvalue weighted by atomic mass is 35.5. The molecule has 8 heteroatoms. The number of aromatic nitrogens is 2. The van der Waals surface area contributed by atoms with Crippen LogP contribution in [0.3, 0.4) is 0 Å². The fourth-order valence-corrected chi connectivity index (χ4v) is 3.75. The predicted octanol–water partition coefficient (Wildman–Crippen LogP) is 7.01. The zero-order valence-electron chi connectivity index (χ0n) is 18.1. The van der Waals surface area contributed by atoms with Crippen LogP contribution in [0.4, 0.5) is 15.9 Å². The minimum absolute atomic E-state index is 0.209. The predicted molar refractivity (Wildman–Crippen MR) is 129 cm³/mol. The monoisotopic (exact) mass is 475 g/mol. The molecule has 6 nitrogen and oxygen atoms in total. The second-order valence-corrected chi connectivity index (χ2v) is 7.87. The Morgan fingerprint density at radius 3 is 2.71 bits per heavy atom. The Bertz CT molecular complexity index is 1470. The van der Waals surface area contributed by atoms with E-state index < -0.39 is 0 Å². The maximum absolute atomic E-state index is 13.4. The Balaban J connectivity index is 1.38. The summed E-state index contributed by atoms with van der Waals surface area (Å²) in [5.74, 6) is 1.93. The summed E-state index contributed by atoms with van der Waals surface area (Å²) in [6, 6.07) is 21.0. The van der Waals surface area contributed by atoms with Gasteiger partial charge in [0.1, 0.15) is 36.1 Å². The molecule has 2 aromatic heterocycles. The average Bonchev–Trinajstić information content (AvgIpc) is 3.33. The Morgan fingerprint density at radius 2 is 1.91 bits per heavy atom. The van der Waals surface area contributed by atoms with Gasteiger partial charge in [-0.2, -0.15) is 0 Å². The summed E-state index contributed by atoms with van der Waals surface area (Å²) in [4.78, 5) is 8.76. The maximum atomic E-state index is 13.4. The minimum atomic E-state index is -0.307. The van der Waals surface area contributed by atoms with Crippen molar-refractivity contribution in [3.8, 4) is 23.0 Å². The van der Waals surface area contributed by atoms with Crippen LogP contribution in [-0.4, -0.2) is 17.1 Å². The minimum Gasteiger partial charge on any atom is -0.487 e. The first kappa shape index (κ1) is 21.7. The molecule has 0 spiro atoms. The summed E-state index contributed by atoms with van der Waals surface area (Å²) in [5.41, 5.74) is 3.09. The van der Waals surface area contributed by atoms with Gasteiger partial charge < -0.3 is 19.2 Å². The summed E-state index contributed by atoms with van der Waals surface area (Å²) in [6.07, 6.45) is 1.50. The van der Waals surface area contributed by atoms with Crippen molar-refractivity contribution in [3.63, 3.8) is 0 Å². The highest BCUT2D eigenvalue weighted by molar-refractivity contribution is 6.32. The summed E-state index contributed by atoms with van der Waals surface area (Å²) in [6.45, 7) is 0.209. The molecule has 5 aromatic rings. The van der Waals surface area contributed by atoms with Crippen LogP contribution in [0.1, 0.15) is 5.56 Å². The number of hydrogen-bond acceptors (Lipinski definition) is 6. The van der Waals surface area contributed by atoms with Gasteiger partial charge in [-0.3, -0.25) is 0 Å². The second kappa shape index (κ2) is 9.41. The van der Waals surface area contributed by atoms with Crippen LogP contribution >= 0.6 is 11.6 Å². The highest BCUT2D eigenvalue weighted by Gasteiger charge is 2.11. The number of nitrogens with zero attached hydrogens (tertiary/aromatic N) is 2. The summed E-state index contributed by atoms with van der Waals surface area (Å²) in [7, 11) is 1.56. The molecule has 0 amide bonds. The number of hydrogen-bond donors (Lipinski definition) is 1. The van der Waals surface area contributed by atoms with Crippen molar-refractivity contribution in [1.29, 1.82) is 0 Å². The molecule has 170 valence electrons. The molecule has 0 saturated carbocycles. The number of benzene rings is 3. The van der Waals surface area contributed by atoms with Crippen LogP contribution in [0.15, 0.2) is 83.5 Å². The molecule has 0 bridgehead atoms. The molecule has 5 rings (SSSR count). The molecule has 0 unspecified atom stereocenters. The van der Waals surface area contributed by atoms with Gasteiger partial charge in [-0.15, -0.1) is 0 Å². The van der Waals surface area contributed by atoms with E-state index in [1.807, 2.05) is 30.3 Å². The van der Waals surface area contributed by atoms with Gasteiger partial charge in [0.25, 0.3) is 5.95 Å². The lowest BCUT2D eigenvalue weighted by atomic mass is 10.1. The molecule has 2 heterocycles. The van der Waals surface area contributed by atoms with E-state index in [1.54, 1.807) is 37.4 Å². The Labute approximate surface area is 199 Å².